The maximum atomic E-state index is 11.9. The molecule has 0 spiro atoms. The van der Waals surface area contributed by atoms with Crippen LogP contribution in [0, 0.1) is 0 Å². The van der Waals surface area contributed by atoms with Gasteiger partial charge in [-0.1, -0.05) is 11.8 Å². The number of carbonyl (C=O) groups excluding carboxylic acids is 2. The van der Waals surface area contributed by atoms with E-state index in [-0.39, 0.29) is 11.0 Å². The van der Waals surface area contributed by atoms with Crippen LogP contribution in [0.3, 0.4) is 0 Å². The van der Waals surface area contributed by atoms with Gasteiger partial charge in [0.15, 0.2) is 11.5 Å². The smallest absolute Gasteiger partial charge is 0.244 e. The molecular weight excluding hydrogens is 318 g/mol. The minimum Gasteiger partial charge on any atom is -0.493 e. The number of hydrogen-bond acceptors (Lipinski definition) is 6. The van der Waals surface area contributed by atoms with Crippen molar-refractivity contribution in [2.24, 2.45) is 0 Å². The molecule has 7 heteroatoms. The van der Waals surface area contributed by atoms with Gasteiger partial charge in [0.05, 0.1) is 27.4 Å². The third kappa shape index (κ3) is 3.98. The number of thioether (sulfide) groups is 1. The number of rotatable bonds is 6. The van der Waals surface area contributed by atoms with Crippen molar-refractivity contribution < 1.29 is 23.8 Å². The number of carbonyl (C=O) groups is 2. The van der Waals surface area contributed by atoms with Gasteiger partial charge in [0.25, 0.3) is 0 Å². The fraction of sp³-hybridized carbons (Fsp3) is 0.375. The summed E-state index contributed by atoms with van der Waals surface area (Å²) in [4.78, 5) is 23.5. The first kappa shape index (κ1) is 17.2. The second-order valence-corrected chi connectivity index (χ2v) is 5.87. The molecular formula is C16H19NO5S. The lowest BCUT2D eigenvalue weighted by atomic mass is 10.1. The molecule has 6 nitrogen and oxygen atoms in total. The van der Waals surface area contributed by atoms with E-state index in [2.05, 4.69) is 5.32 Å². The maximum Gasteiger partial charge on any atom is 0.244 e. The SMILES string of the molecule is COc1ccc(/C=C/C(=O)NC2CCSC2=O)c(OC)c1OC. The van der Waals surface area contributed by atoms with Crippen LogP contribution in [-0.4, -0.2) is 44.1 Å². The molecule has 0 bridgehead atoms. The first-order chi connectivity index (χ1) is 11.1. The van der Waals surface area contributed by atoms with Crippen molar-refractivity contribution in [1.29, 1.82) is 0 Å². The molecule has 0 radical (unpaired) electrons. The Balaban J connectivity index is 2.15. The molecule has 1 unspecified atom stereocenters. The summed E-state index contributed by atoms with van der Waals surface area (Å²) in [6, 6.07) is 3.10. The van der Waals surface area contributed by atoms with Gasteiger partial charge in [-0.2, -0.15) is 0 Å². The summed E-state index contributed by atoms with van der Waals surface area (Å²) in [7, 11) is 4.57. The van der Waals surface area contributed by atoms with Crippen LogP contribution in [0.4, 0.5) is 0 Å². The molecule has 1 aliphatic rings. The van der Waals surface area contributed by atoms with E-state index >= 15 is 0 Å². The highest BCUT2D eigenvalue weighted by Gasteiger charge is 2.26. The molecule has 1 amide bonds. The minimum atomic E-state index is -0.399. The molecule has 1 atom stereocenters. The summed E-state index contributed by atoms with van der Waals surface area (Å²) >= 11 is 1.25. The van der Waals surface area contributed by atoms with Gasteiger partial charge in [0, 0.05) is 17.4 Å². The normalized spacial score (nSPS) is 17.3. The van der Waals surface area contributed by atoms with Crippen molar-refractivity contribution in [2.45, 2.75) is 12.5 Å². The maximum absolute atomic E-state index is 11.9. The second-order valence-electron chi connectivity index (χ2n) is 4.77. The highest BCUT2D eigenvalue weighted by molar-refractivity contribution is 8.14. The quantitative estimate of drug-likeness (QED) is 0.799. The van der Waals surface area contributed by atoms with E-state index in [1.165, 1.54) is 39.2 Å². The number of nitrogens with one attached hydrogen (secondary N) is 1. The second kappa shape index (κ2) is 7.92. The molecule has 1 fully saturated rings. The van der Waals surface area contributed by atoms with Gasteiger partial charge in [-0.25, -0.2) is 0 Å². The topological polar surface area (TPSA) is 73.9 Å². The van der Waals surface area contributed by atoms with Crippen molar-refractivity contribution in [3.05, 3.63) is 23.8 Å². The van der Waals surface area contributed by atoms with Crippen LogP contribution in [0.15, 0.2) is 18.2 Å². The van der Waals surface area contributed by atoms with E-state index in [1.807, 2.05) is 0 Å². The third-order valence-corrected chi connectivity index (χ3v) is 4.41. The average molecular weight is 337 g/mol. The molecule has 0 aromatic heterocycles. The van der Waals surface area contributed by atoms with Crippen molar-refractivity contribution in [1.82, 2.24) is 5.32 Å². The van der Waals surface area contributed by atoms with Crippen LogP contribution in [0.5, 0.6) is 17.2 Å². The fourth-order valence-corrected chi connectivity index (χ4v) is 3.20. The van der Waals surface area contributed by atoms with Crippen LogP contribution in [0.2, 0.25) is 0 Å². The summed E-state index contributed by atoms with van der Waals surface area (Å²) in [6.07, 6.45) is 3.66. The third-order valence-electron chi connectivity index (χ3n) is 3.40. The standard InChI is InChI=1S/C16H19NO5S/c1-20-12-6-4-10(14(21-2)15(12)22-3)5-7-13(18)17-11-8-9-23-16(11)19/h4-7,11H,8-9H2,1-3H3,(H,17,18)/b7-5+. The van der Waals surface area contributed by atoms with E-state index < -0.39 is 6.04 Å². The minimum absolute atomic E-state index is 0.00967. The Morgan fingerprint density at radius 1 is 1.22 bits per heavy atom. The van der Waals surface area contributed by atoms with Crippen LogP contribution < -0.4 is 19.5 Å². The van der Waals surface area contributed by atoms with E-state index in [9.17, 15) is 9.59 Å². The summed E-state index contributed by atoms with van der Waals surface area (Å²) in [5.41, 5.74) is 0.674. The summed E-state index contributed by atoms with van der Waals surface area (Å²) in [6.45, 7) is 0. The Morgan fingerprint density at radius 3 is 2.52 bits per heavy atom. The zero-order valence-electron chi connectivity index (χ0n) is 13.3. The molecule has 0 aliphatic carbocycles. The number of amides is 1. The Kier molecular flexibility index (Phi) is 5.92. The van der Waals surface area contributed by atoms with Gasteiger partial charge < -0.3 is 19.5 Å². The monoisotopic (exact) mass is 337 g/mol. The predicted octanol–water partition coefficient (Wildman–Crippen LogP) is 1.87. The number of benzene rings is 1. The highest BCUT2D eigenvalue weighted by Crippen LogP contribution is 2.40. The van der Waals surface area contributed by atoms with E-state index in [4.69, 9.17) is 14.2 Å². The van der Waals surface area contributed by atoms with Crippen molar-refractivity contribution in [3.8, 4) is 17.2 Å². The van der Waals surface area contributed by atoms with Gasteiger partial charge >= 0.3 is 0 Å². The van der Waals surface area contributed by atoms with Crippen molar-refractivity contribution >= 4 is 28.9 Å². The first-order valence-electron chi connectivity index (χ1n) is 7.05. The largest absolute Gasteiger partial charge is 0.493 e. The van der Waals surface area contributed by atoms with Crippen LogP contribution in [0.1, 0.15) is 12.0 Å². The Morgan fingerprint density at radius 2 is 1.96 bits per heavy atom. The van der Waals surface area contributed by atoms with E-state index in [0.29, 0.717) is 29.2 Å². The fourth-order valence-electron chi connectivity index (χ4n) is 2.27. The van der Waals surface area contributed by atoms with Crippen molar-refractivity contribution in [3.63, 3.8) is 0 Å². The molecule has 23 heavy (non-hydrogen) atoms. The summed E-state index contributed by atoms with van der Waals surface area (Å²) in [5.74, 6) is 1.90. The molecule has 0 saturated carbocycles. The number of hydrogen-bond donors (Lipinski definition) is 1. The Hall–Kier alpha value is -2.15. The summed E-state index contributed by atoms with van der Waals surface area (Å²) in [5, 5.41) is 2.70. The molecule has 2 rings (SSSR count). The molecule has 1 aromatic carbocycles. The lowest BCUT2D eigenvalue weighted by molar-refractivity contribution is -0.120. The number of ether oxygens (including phenoxy) is 3. The van der Waals surface area contributed by atoms with Crippen LogP contribution in [-0.2, 0) is 9.59 Å². The van der Waals surface area contributed by atoms with Crippen molar-refractivity contribution in [2.75, 3.05) is 27.1 Å². The molecule has 1 heterocycles. The van der Waals surface area contributed by atoms with Gasteiger partial charge in [0.2, 0.25) is 16.8 Å². The zero-order valence-corrected chi connectivity index (χ0v) is 14.1. The Bertz CT molecular complexity index is 629. The van der Waals surface area contributed by atoms with E-state index in [1.54, 1.807) is 18.2 Å². The van der Waals surface area contributed by atoms with Gasteiger partial charge in [-0.3, -0.25) is 9.59 Å². The van der Waals surface area contributed by atoms with Gasteiger partial charge in [-0.15, -0.1) is 0 Å². The van der Waals surface area contributed by atoms with Crippen LogP contribution >= 0.6 is 11.8 Å². The van der Waals surface area contributed by atoms with Gasteiger partial charge in [-0.05, 0) is 24.6 Å². The molecule has 1 saturated heterocycles. The van der Waals surface area contributed by atoms with Crippen LogP contribution in [0.25, 0.3) is 6.08 Å². The molecule has 1 aromatic rings. The highest BCUT2D eigenvalue weighted by atomic mass is 32.2. The lowest BCUT2D eigenvalue weighted by Crippen LogP contribution is -2.35. The zero-order chi connectivity index (χ0) is 16.8. The predicted molar refractivity (Wildman–Crippen MR) is 89.1 cm³/mol. The average Bonchev–Trinajstić information content (AvgIpc) is 2.96. The lowest BCUT2D eigenvalue weighted by Gasteiger charge is -2.14. The van der Waals surface area contributed by atoms with E-state index in [0.717, 1.165) is 5.75 Å². The molecule has 1 N–H and O–H groups in total. The Labute approximate surface area is 139 Å². The molecule has 124 valence electrons. The first-order valence-corrected chi connectivity index (χ1v) is 8.03. The summed E-state index contributed by atoms with van der Waals surface area (Å²) < 4.78 is 15.9. The number of methoxy groups -OCH3 is 3. The molecule has 1 aliphatic heterocycles. The van der Waals surface area contributed by atoms with Gasteiger partial charge in [0.1, 0.15) is 0 Å².